The van der Waals surface area contributed by atoms with E-state index < -0.39 is 39.5 Å². The van der Waals surface area contributed by atoms with Crippen molar-refractivity contribution in [2.75, 3.05) is 13.7 Å². The first-order valence-corrected chi connectivity index (χ1v) is 12.3. The number of benzene rings is 2. The predicted molar refractivity (Wildman–Crippen MR) is 120 cm³/mol. The van der Waals surface area contributed by atoms with E-state index in [1.165, 1.54) is 30.1 Å². The minimum Gasteiger partial charge on any atom is -0.480 e. The Bertz CT molecular complexity index is 1340. The van der Waals surface area contributed by atoms with Crippen molar-refractivity contribution in [2.45, 2.75) is 36.5 Å². The summed E-state index contributed by atoms with van der Waals surface area (Å²) in [5, 5.41) is 6.88. The highest BCUT2D eigenvalue weighted by Crippen LogP contribution is 2.30. The van der Waals surface area contributed by atoms with Crippen molar-refractivity contribution < 1.29 is 35.5 Å². The minimum atomic E-state index is -4.46. The van der Waals surface area contributed by atoms with Gasteiger partial charge in [-0.1, -0.05) is 0 Å². The lowest BCUT2D eigenvalue weighted by atomic mass is 10.2. The Labute approximate surface area is 204 Å². The number of halogens is 4. The van der Waals surface area contributed by atoms with Crippen LogP contribution in [0.4, 0.5) is 17.6 Å². The van der Waals surface area contributed by atoms with E-state index in [2.05, 4.69) is 10.4 Å². The number of hydrogen-bond acceptors (Lipinski definition) is 5. The van der Waals surface area contributed by atoms with E-state index in [0.717, 1.165) is 40.7 Å². The number of nitrogens with zero attached hydrogens (tertiary/aromatic N) is 3. The first-order chi connectivity index (χ1) is 17.0. The van der Waals surface area contributed by atoms with Crippen LogP contribution in [0.5, 0.6) is 5.88 Å². The van der Waals surface area contributed by atoms with Crippen molar-refractivity contribution in [1.82, 2.24) is 19.4 Å². The van der Waals surface area contributed by atoms with Crippen LogP contribution in [0.1, 0.15) is 24.0 Å². The van der Waals surface area contributed by atoms with Crippen LogP contribution in [0.15, 0.2) is 59.6 Å². The van der Waals surface area contributed by atoms with Crippen molar-refractivity contribution in [2.24, 2.45) is 0 Å². The summed E-state index contributed by atoms with van der Waals surface area (Å²) < 4.78 is 85.3. The zero-order valence-electron chi connectivity index (χ0n) is 19.0. The molecule has 1 unspecified atom stereocenters. The number of methoxy groups -OCH3 is 1. The quantitative estimate of drug-likeness (QED) is 0.476. The lowest BCUT2D eigenvalue weighted by Crippen LogP contribution is -2.45. The third kappa shape index (κ3) is 5.21. The fraction of sp³-hybridized carbons (Fsp3) is 0.304. The molecule has 1 saturated heterocycles. The van der Waals surface area contributed by atoms with Crippen LogP contribution in [-0.4, -0.2) is 48.1 Å². The highest BCUT2D eigenvalue weighted by atomic mass is 32.2. The van der Waals surface area contributed by atoms with Gasteiger partial charge in [0.2, 0.25) is 21.8 Å². The number of sulfonamides is 1. The largest absolute Gasteiger partial charge is 0.480 e. The summed E-state index contributed by atoms with van der Waals surface area (Å²) in [5.41, 5.74) is -0.00233. The molecule has 0 aliphatic carbocycles. The Hall–Kier alpha value is -3.45. The number of carbonyl (C=O) groups is 1. The molecule has 1 aromatic heterocycles. The van der Waals surface area contributed by atoms with Crippen LogP contribution in [0.2, 0.25) is 0 Å². The van der Waals surface area contributed by atoms with E-state index in [4.69, 9.17) is 4.74 Å². The fourth-order valence-corrected chi connectivity index (χ4v) is 5.61. The van der Waals surface area contributed by atoms with Crippen LogP contribution in [0.3, 0.4) is 0 Å². The van der Waals surface area contributed by atoms with Gasteiger partial charge in [0.15, 0.2) is 0 Å². The second kappa shape index (κ2) is 9.90. The molecule has 2 aromatic carbocycles. The van der Waals surface area contributed by atoms with E-state index in [0.29, 0.717) is 24.1 Å². The second-order valence-electron chi connectivity index (χ2n) is 8.10. The number of nitrogens with one attached hydrogen (secondary N) is 1. The van der Waals surface area contributed by atoms with E-state index in [9.17, 15) is 30.8 Å². The lowest BCUT2D eigenvalue weighted by molar-refractivity contribution is -0.137. The van der Waals surface area contributed by atoms with Crippen LogP contribution in [0, 0.1) is 5.82 Å². The lowest BCUT2D eigenvalue weighted by Gasteiger charge is -2.23. The van der Waals surface area contributed by atoms with Gasteiger partial charge in [-0.05, 0) is 61.4 Å². The van der Waals surface area contributed by atoms with Gasteiger partial charge in [0.05, 0.1) is 28.8 Å². The summed E-state index contributed by atoms with van der Waals surface area (Å²) in [7, 11) is -2.65. The molecule has 1 atom stereocenters. The molecule has 1 amide bonds. The van der Waals surface area contributed by atoms with Crippen molar-refractivity contribution in [3.8, 4) is 11.6 Å². The number of rotatable bonds is 7. The molecule has 192 valence electrons. The summed E-state index contributed by atoms with van der Waals surface area (Å²) in [6, 6.07) is 7.81. The van der Waals surface area contributed by atoms with E-state index in [1.54, 1.807) is 0 Å². The Morgan fingerprint density at radius 1 is 1.14 bits per heavy atom. The molecule has 13 heteroatoms. The maximum absolute atomic E-state index is 13.2. The number of amides is 1. The average Bonchev–Trinajstić information content (AvgIpc) is 3.50. The summed E-state index contributed by atoms with van der Waals surface area (Å²) in [5.74, 6) is -0.949. The van der Waals surface area contributed by atoms with Gasteiger partial charge in [0, 0.05) is 19.3 Å². The first-order valence-electron chi connectivity index (χ1n) is 10.9. The van der Waals surface area contributed by atoms with Crippen molar-refractivity contribution >= 4 is 15.9 Å². The van der Waals surface area contributed by atoms with E-state index in [-0.39, 0.29) is 23.9 Å². The summed E-state index contributed by atoms with van der Waals surface area (Å²) in [4.78, 5) is 12.8. The molecule has 0 bridgehead atoms. The summed E-state index contributed by atoms with van der Waals surface area (Å²) >= 11 is 0. The smallest absolute Gasteiger partial charge is 0.416 e. The predicted octanol–water partition coefficient (Wildman–Crippen LogP) is 3.51. The Kier molecular flexibility index (Phi) is 7.05. The van der Waals surface area contributed by atoms with Crippen LogP contribution in [-0.2, 0) is 27.5 Å². The highest BCUT2D eigenvalue weighted by Gasteiger charge is 2.39. The van der Waals surface area contributed by atoms with Crippen LogP contribution < -0.4 is 10.1 Å². The van der Waals surface area contributed by atoms with E-state index in [1.807, 2.05) is 0 Å². The van der Waals surface area contributed by atoms with Crippen LogP contribution in [0.25, 0.3) is 5.69 Å². The third-order valence-electron chi connectivity index (χ3n) is 5.78. The number of carbonyl (C=O) groups excluding carboxylic acids is 1. The first kappa shape index (κ1) is 25.6. The molecular formula is C23H22F4N4O4S. The van der Waals surface area contributed by atoms with Crippen molar-refractivity contribution in [1.29, 1.82) is 0 Å². The van der Waals surface area contributed by atoms with Gasteiger partial charge in [0.1, 0.15) is 11.9 Å². The molecule has 2 heterocycles. The van der Waals surface area contributed by atoms with Gasteiger partial charge in [-0.25, -0.2) is 17.5 Å². The SMILES string of the molecule is COc1nn(-c2ccc(C(F)(F)F)cc2)cc1CNC(=O)C1CCCN1S(=O)(=O)c1ccc(F)cc1. The number of ether oxygens (including phenoxy) is 1. The Morgan fingerprint density at radius 2 is 1.81 bits per heavy atom. The van der Waals surface area contributed by atoms with Gasteiger partial charge in [-0.15, -0.1) is 5.10 Å². The highest BCUT2D eigenvalue weighted by molar-refractivity contribution is 7.89. The summed E-state index contributed by atoms with van der Waals surface area (Å²) in [6.45, 7) is 0.0938. The number of alkyl halides is 3. The van der Waals surface area contributed by atoms with Gasteiger partial charge in [0.25, 0.3) is 0 Å². The molecule has 1 aliphatic rings. The van der Waals surface area contributed by atoms with Crippen LogP contribution >= 0.6 is 0 Å². The van der Waals surface area contributed by atoms with E-state index >= 15 is 0 Å². The standard InChI is InChI=1S/C23H22F4N4O4S/c1-35-22-15(14-30(29-22)18-8-4-16(5-9-18)23(25,26)27)13-28-21(32)20-3-2-12-31(20)36(33,34)19-10-6-17(24)7-11-19/h4-11,14,20H,2-3,12-13H2,1H3,(H,28,32). The van der Waals surface area contributed by atoms with Crippen molar-refractivity contribution in [3.63, 3.8) is 0 Å². The molecule has 1 fully saturated rings. The second-order valence-corrected chi connectivity index (χ2v) is 9.99. The molecule has 4 rings (SSSR count). The molecule has 0 spiro atoms. The molecule has 1 N–H and O–H groups in total. The van der Waals surface area contributed by atoms with Gasteiger partial charge in [-0.2, -0.15) is 17.5 Å². The maximum atomic E-state index is 13.2. The zero-order valence-corrected chi connectivity index (χ0v) is 19.8. The molecule has 8 nitrogen and oxygen atoms in total. The fourth-order valence-electron chi connectivity index (χ4n) is 3.95. The third-order valence-corrected chi connectivity index (χ3v) is 7.71. The average molecular weight is 527 g/mol. The monoisotopic (exact) mass is 526 g/mol. The molecule has 36 heavy (non-hydrogen) atoms. The van der Waals surface area contributed by atoms with Gasteiger partial charge in [-0.3, -0.25) is 4.79 Å². The van der Waals surface area contributed by atoms with Gasteiger partial charge >= 0.3 is 6.18 Å². The number of aromatic nitrogens is 2. The minimum absolute atomic E-state index is 0.0520. The molecule has 0 radical (unpaired) electrons. The Morgan fingerprint density at radius 3 is 2.42 bits per heavy atom. The summed E-state index contributed by atoms with van der Waals surface area (Å²) in [6.07, 6.45) is -2.17. The molecule has 0 saturated carbocycles. The molecule has 3 aromatic rings. The normalized spacial score (nSPS) is 16.8. The number of hydrogen-bond donors (Lipinski definition) is 1. The molecule has 1 aliphatic heterocycles. The zero-order chi connectivity index (χ0) is 26.1. The van der Waals surface area contributed by atoms with Crippen molar-refractivity contribution in [3.05, 3.63) is 71.7 Å². The Balaban J connectivity index is 1.47. The maximum Gasteiger partial charge on any atom is 0.416 e. The topological polar surface area (TPSA) is 93.5 Å². The molecular weight excluding hydrogens is 504 g/mol. The van der Waals surface area contributed by atoms with Gasteiger partial charge < -0.3 is 10.1 Å².